The number of β-amino-alcohol motifs (C(OH)–C–C–N with tert-alkyl or cyclic N) is 1. The van der Waals surface area contributed by atoms with Gasteiger partial charge in [0.1, 0.15) is 0 Å². The summed E-state index contributed by atoms with van der Waals surface area (Å²) in [5, 5.41) is 14.3. The standard InChI is InChI=1S/C17H23N3O3S/c1-17(2)12-19(8-9-24-17)10-14(21)11-20-15(18-23-16(20)22)13-6-4-3-5-7-13/h3-7,14,21H,8-12H2,1-2H3. The van der Waals surface area contributed by atoms with E-state index in [0.29, 0.717) is 12.4 Å². The summed E-state index contributed by atoms with van der Waals surface area (Å²) < 4.78 is 6.41. The minimum Gasteiger partial charge on any atom is -0.390 e. The number of hydrogen-bond donors (Lipinski definition) is 1. The molecule has 130 valence electrons. The Morgan fingerprint density at radius 2 is 2.08 bits per heavy atom. The Labute approximate surface area is 145 Å². The Kier molecular flexibility index (Phi) is 5.12. The van der Waals surface area contributed by atoms with Gasteiger partial charge in [0, 0.05) is 35.7 Å². The molecule has 3 rings (SSSR count). The van der Waals surface area contributed by atoms with Crippen molar-refractivity contribution in [2.75, 3.05) is 25.4 Å². The molecular formula is C17H23N3O3S. The van der Waals surface area contributed by atoms with Gasteiger partial charge >= 0.3 is 5.76 Å². The molecule has 0 amide bonds. The van der Waals surface area contributed by atoms with Crippen molar-refractivity contribution in [1.29, 1.82) is 0 Å². The van der Waals surface area contributed by atoms with Crippen LogP contribution in [0.15, 0.2) is 39.6 Å². The van der Waals surface area contributed by atoms with Gasteiger partial charge in [0.15, 0.2) is 5.82 Å². The van der Waals surface area contributed by atoms with Gasteiger partial charge in [-0.1, -0.05) is 35.5 Å². The third-order valence-electron chi connectivity index (χ3n) is 4.09. The molecule has 24 heavy (non-hydrogen) atoms. The van der Waals surface area contributed by atoms with Crippen LogP contribution in [0.2, 0.25) is 0 Å². The second kappa shape index (κ2) is 7.13. The maximum Gasteiger partial charge on any atom is 0.441 e. The van der Waals surface area contributed by atoms with Crippen molar-refractivity contribution >= 4 is 11.8 Å². The molecule has 1 aromatic heterocycles. The molecule has 6 nitrogen and oxygen atoms in total. The molecule has 1 saturated heterocycles. The molecule has 1 unspecified atom stereocenters. The highest BCUT2D eigenvalue weighted by atomic mass is 32.2. The molecule has 0 bridgehead atoms. The predicted octanol–water partition coefficient (Wildman–Crippen LogP) is 1.69. The van der Waals surface area contributed by atoms with Crippen LogP contribution in [0.25, 0.3) is 11.4 Å². The largest absolute Gasteiger partial charge is 0.441 e. The Morgan fingerprint density at radius 1 is 1.33 bits per heavy atom. The highest BCUT2D eigenvalue weighted by molar-refractivity contribution is 8.00. The van der Waals surface area contributed by atoms with Crippen molar-refractivity contribution in [2.45, 2.75) is 31.2 Å². The fraction of sp³-hybridized carbons (Fsp3) is 0.529. The SMILES string of the molecule is CC1(C)CN(CC(O)Cn2c(-c3ccccc3)noc2=O)CCS1. The van der Waals surface area contributed by atoms with Gasteiger partial charge in [-0.3, -0.25) is 14.0 Å². The lowest BCUT2D eigenvalue weighted by molar-refractivity contribution is 0.0942. The monoisotopic (exact) mass is 349 g/mol. The zero-order chi connectivity index (χ0) is 17.2. The van der Waals surface area contributed by atoms with Crippen LogP contribution in [0.3, 0.4) is 0 Å². The summed E-state index contributed by atoms with van der Waals surface area (Å²) >= 11 is 1.96. The van der Waals surface area contributed by atoms with Gasteiger partial charge < -0.3 is 5.11 Å². The number of hydrogen-bond acceptors (Lipinski definition) is 6. The van der Waals surface area contributed by atoms with Crippen molar-refractivity contribution in [1.82, 2.24) is 14.6 Å². The van der Waals surface area contributed by atoms with E-state index in [9.17, 15) is 9.90 Å². The smallest absolute Gasteiger partial charge is 0.390 e. The van der Waals surface area contributed by atoms with Crippen LogP contribution in [0.1, 0.15) is 13.8 Å². The third kappa shape index (κ3) is 4.09. The van der Waals surface area contributed by atoms with Crippen LogP contribution in [0.5, 0.6) is 0 Å². The molecule has 2 aromatic rings. The number of aliphatic hydroxyl groups excluding tert-OH is 1. The third-order valence-corrected chi connectivity index (χ3v) is 5.38. The van der Waals surface area contributed by atoms with Gasteiger partial charge in [0.05, 0.1) is 12.6 Å². The second-order valence-electron chi connectivity index (χ2n) is 6.75. The van der Waals surface area contributed by atoms with Crippen molar-refractivity contribution in [3.05, 3.63) is 40.9 Å². The fourth-order valence-corrected chi connectivity index (χ4v) is 4.24. The molecule has 1 aromatic carbocycles. The van der Waals surface area contributed by atoms with Gasteiger partial charge in [-0.2, -0.15) is 11.8 Å². The molecule has 1 atom stereocenters. The van der Waals surface area contributed by atoms with Crippen LogP contribution < -0.4 is 5.76 Å². The van der Waals surface area contributed by atoms with Crippen molar-refractivity contribution in [2.24, 2.45) is 0 Å². The lowest BCUT2D eigenvalue weighted by Crippen LogP contribution is -2.47. The number of thioether (sulfide) groups is 1. The van der Waals surface area contributed by atoms with E-state index in [-0.39, 0.29) is 11.3 Å². The molecular weight excluding hydrogens is 326 g/mol. The van der Waals surface area contributed by atoms with Gasteiger partial charge in [-0.25, -0.2) is 4.79 Å². The molecule has 0 aliphatic carbocycles. The molecule has 0 radical (unpaired) electrons. The number of rotatable bonds is 5. The van der Waals surface area contributed by atoms with Crippen molar-refractivity contribution in [3.63, 3.8) is 0 Å². The average Bonchev–Trinajstić information content (AvgIpc) is 2.88. The maximum atomic E-state index is 11.9. The molecule has 0 saturated carbocycles. The first-order valence-electron chi connectivity index (χ1n) is 8.11. The first kappa shape index (κ1) is 17.3. The van der Waals surface area contributed by atoms with E-state index in [1.165, 1.54) is 4.57 Å². The Balaban J connectivity index is 1.70. The number of benzene rings is 1. The van der Waals surface area contributed by atoms with Crippen LogP contribution in [0, 0.1) is 0 Å². The lowest BCUT2D eigenvalue weighted by Gasteiger charge is -2.38. The quantitative estimate of drug-likeness (QED) is 0.886. The Morgan fingerprint density at radius 3 is 2.79 bits per heavy atom. The van der Waals surface area contributed by atoms with Crippen molar-refractivity contribution < 1.29 is 9.63 Å². The van der Waals surface area contributed by atoms with Crippen LogP contribution >= 0.6 is 11.8 Å². The minimum absolute atomic E-state index is 0.177. The Hall–Kier alpha value is -1.57. The van der Waals surface area contributed by atoms with Crippen molar-refractivity contribution in [3.8, 4) is 11.4 Å². The van der Waals surface area contributed by atoms with E-state index in [1.807, 2.05) is 42.1 Å². The van der Waals surface area contributed by atoms with E-state index in [1.54, 1.807) is 0 Å². The van der Waals surface area contributed by atoms with E-state index >= 15 is 0 Å². The maximum absolute atomic E-state index is 11.9. The summed E-state index contributed by atoms with van der Waals surface area (Å²) in [6.07, 6.45) is -0.650. The summed E-state index contributed by atoms with van der Waals surface area (Å²) in [5.74, 6) is 0.971. The average molecular weight is 349 g/mol. The van der Waals surface area contributed by atoms with Gasteiger partial charge in [0.2, 0.25) is 0 Å². The molecule has 1 N–H and O–H groups in total. The van der Waals surface area contributed by atoms with Crippen LogP contribution in [-0.4, -0.2) is 56.0 Å². The summed E-state index contributed by atoms with van der Waals surface area (Å²) in [6, 6.07) is 9.39. The first-order valence-corrected chi connectivity index (χ1v) is 9.09. The van der Waals surface area contributed by atoms with E-state index < -0.39 is 11.9 Å². The molecule has 7 heteroatoms. The predicted molar refractivity (Wildman–Crippen MR) is 95.2 cm³/mol. The molecule has 0 spiro atoms. The van der Waals surface area contributed by atoms with E-state index in [4.69, 9.17) is 4.52 Å². The molecule has 2 heterocycles. The van der Waals surface area contributed by atoms with Gasteiger partial charge in [0.25, 0.3) is 0 Å². The van der Waals surface area contributed by atoms with E-state index in [2.05, 4.69) is 23.9 Å². The fourth-order valence-electron chi connectivity index (χ4n) is 3.06. The number of aromatic nitrogens is 2. The Bertz CT molecular complexity index is 726. The van der Waals surface area contributed by atoms with E-state index in [0.717, 1.165) is 24.4 Å². The highest BCUT2D eigenvalue weighted by Crippen LogP contribution is 2.29. The summed E-state index contributed by atoms with van der Waals surface area (Å²) in [4.78, 5) is 14.2. The summed E-state index contributed by atoms with van der Waals surface area (Å²) in [6.45, 7) is 7.03. The van der Waals surface area contributed by atoms with Crippen LogP contribution in [0.4, 0.5) is 0 Å². The minimum atomic E-state index is -0.650. The normalized spacial score (nSPS) is 19.3. The second-order valence-corrected chi connectivity index (χ2v) is 8.55. The number of nitrogens with zero attached hydrogens (tertiary/aromatic N) is 3. The lowest BCUT2D eigenvalue weighted by atomic mass is 10.1. The van der Waals surface area contributed by atoms with Crippen LogP contribution in [-0.2, 0) is 6.54 Å². The molecule has 1 fully saturated rings. The van der Waals surface area contributed by atoms with Gasteiger partial charge in [-0.15, -0.1) is 0 Å². The molecule has 1 aliphatic heterocycles. The zero-order valence-corrected chi connectivity index (χ0v) is 14.8. The summed E-state index contributed by atoms with van der Waals surface area (Å²) in [7, 11) is 0. The highest BCUT2D eigenvalue weighted by Gasteiger charge is 2.28. The molecule has 1 aliphatic rings. The number of aliphatic hydroxyl groups is 1. The van der Waals surface area contributed by atoms with Gasteiger partial charge in [-0.05, 0) is 13.8 Å². The first-order chi connectivity index (χ1) is 11.4. The summed E-state index contributed by atoms with van der Waals surface area (Å²) in [5.41, 5.74) is 0.797. The topological polar surface area (TPSA) is 71.5 Å². The zero-order valence-electron chi connectivity index (χ0n) is 14.0.